The second-order valence-corrected chi connectivity index (χ2v) is 16.0. The van der Waals surface area contributed by atoms with Crippen LogP contribution in [0.15, 0.2) is 186 Å². The van der Waals surface area contributed by atoms with E-state index in [0.29, 0.717) is 17.5 Å². The van der Waals surface area contributed by atoms with Gasteiger partial charge in [0, 0.05) is 55.4 Å². The van der Waals surface area contributed by atoms with Crippen LogP contribution in [-0.4, -0.2) is 19.5 Å². The minimum absolute atomic E-state index is 0.139. The maximum atomic E-state index is 6.49. The number of para-hydroxylation sites is 1. The zero-order valence-corrected chi connectivity index (χ0v) is 32.5. The Kier molecular flexibility index (Phi) is 7.20. The van der Waals surface area contributed by atoms with Crippen LogP contribution < -0.4 is 0 Å². The van der Waals surface area contributed by atoms with Crippen LogP contribution in [0, 0.1) is 0 Å². The molecule has 3 aromatic heterocycles. The fourth-order valence-electron chi connectivity index (χ4n) is 9.30. The molecule has 8 aromatic carbocycles. The summed E-state index contributed by atoms with van der Waals surface area (Å²) in [6.07, 6.45) is 0. The number of hydrogen-bond donors (Lipinski definition) is 0. The first-order chi connectivity index (χ1) is 29.0. The first-order valence-electron chi connectivity index (χ1n) is 20.1. The molecule has 11 aromatic rings. The van der Waals surface area contributed by atoms with Crippen molar-refractivity contribution in [3.63, 3.8) is 0 Å². The third kappa shape index (κ3) is 5.21. The van der Waals surface area contributed by atoms with Crippen LogP contribution in [0.2, 0.25) is 0 Å². The van der Waals surface area contributed by atoms with Crippen LogP contribution in [0.5, 0.6) is 0 Å². The number of furan rings is 1. The van der Waals surface area contributed by atoms with Crippen molar-refractivity contribution >= 4 is 43.7 Å². The van der Waals surface area contributed by atoms with E-state index in [0.717, 1.165) is 66.1 Å². The lowest BCUT2D eigenvalue weighted by Crippen LogP contribution is -2.15. The molecule has 12 rings (SSSR count). The summed E-state index contributed by atoms with van der Waals surface area (Å²) < 4.78 is 8.82. The number of hydrogen-bond acceptors (Lipinski definition) is 4. The minimum Gasteiger partial charge on any atom is -0.456 e. The highest BCUT2D eigenvalue weighted by atomic mass is 16.3. The Morgan fingerprint density at radius 2 is 1.00 bits per heavy atom. The summed E-state index contributed by atoms with van der Waals surface area (Å²) in [5.41, 5.74) is 15.2. The van der Waals surface area contributed by atoms with Gasteiger partial charge in [0.15, 0.2) is 17.5 Å². The largest absolute Gasteiger partial charge is 0.456 e. The lowest BCUT2D eigenvalue weighted by Gasteiger charge is -2.21. The first kappa shape index (κ1) is 33.5. The molecule has 5 nitrogen and oxygen atoms in total. The molecule has 3 heterocycles. The Labute approximate surface area is 340 Å². The Hall–Kier alpha value is -7.63. The van der Waals surface area contributed by atoms with Crippen molar-refractivity contribution in [2.24, 2.45) is 0 Å². The van der Waals surface area contributed by atoms with E-state index in [1.54, 1.807) is 0 Å². The van der Waals surface area contributed by atoms with Crippen LogP contribution in [0.25, 0.3) is 106 Å². The highest BCUT2D eigenvalue weighted by molar-refractivity contribution is 6.11. The van der Waals surface area contributed by atoms with Gasteiger partial charge in [-0.05, 0) is 88.0 Å². The molecular formula is C54H36N4O. The number of aromatic nitrogens is 4. The van der Waals surface area contributed by atoms with E-state index in [9.17, 15) is 0 Å². The first-order valence-corrected chi connectivity index (χ1v) is 20.1. The van der Waals surface area contributed by atoms with Crippen molar-refractivity contribution in [2.45, 2.75) is 19.3 Å². The van der Waals surface area contributed by atoms with Gasteiger partial charge in [-0.25, -0.2) is 15.0 Å². The van der Waals surface area contributed by atoms with Crippen LogP contribution in [0.3, 0.4) is 0 Å². The van der Waals surface area contributed by atoms with Crippen molar-refractivity contribution in [3.8, 4) is 62.1 Å². The molecule has 278 valence electrons. The van der Waals surface area contributed by atoms with Gasteiger partial charge in [-0.2, -0.15) is 0 Å². The van der Waals surface area contributed by atoms with Gasteiger partial charge < -0.3 is 8.98 Å². The van der Waals surface area contributed by atoms with E-state index in [-0.39, 0.29) is 5.41 Å². The molecule has 0 saturated carbocycles. The predicted octanol–water partition coefficient (Wildman–Crippen LogP) is 13.8. The Morgan fingerprint density at radius 3 is 1.81 bits per heavy atom. The molecule has 0 aliphatic heterocycles. The zero-order valence-electron chi connectivity index (χ0n) is 32.5. The summed E-state index contributed by atoms with van der Waals surface area (Å²) in [5, 5.41) is 4.48. The maximum absolute atomic E-state index is 6.49. The monoisotopic (exact) mass is 756 g/mol. The predicted molar refractivity (Wildman–Crippen MR) is 241 cm³/mol. The molecule has 1 aliphatic rings. The average Bonchev–Trinajstić information content (AvgIpc) is 3.91. The molecule has 0 atom stereocenters. The van der Waals surface area contributed by atoms with Crippen molar-refractivity contribution in [3.05, 3.63) is 193 Å². The summed E-state index contributed by atoms with van der Waals surface area (Å²) in [5.74, 6) is 1.93. The second-order valence-electron chi connectivity index (χ2n) is 16.0. The summed E-state index contributed by atoms with van der Waals surface area (Å²) in [6.45, 7) is 4.61. The van der Waals surface area contributed by atoms with Crippen molar-refractivity contribution in [1.82, 2.24) is 19.5 Å². The lowest BCUT2D eigenvalue weighted by molar-refractivity contribution is 0.660. The fraction of sp³-hybridized carbons (Fsp3) is 0.0556. The van der Waals surface area contributed by atoms with E-state index >= 15 is 0 Å². The Bertz CT molecular complexity index is 3470. The smallest absolute Gasteiger partial charge is 0.164 e. The molecule has 0 fully saturated rings. The van der Waals surface area contributed by atoms with E-state index in [4.69, 9.17) is 19.4 Å². The number of benzene rings is 8. The maximum Gasteiger partial charge on any atom is 0.164 e. The lowest BCUT2D eigenvalue weighted by atomic mass is 9.82. The van der Waals surface area contributed by atoms with Crippen molar-refractivity contribution < 1.29 is 4.42 Å². The van der Waals surface area contributed by atoms with Gasteiger partial charge in [-0.15, -0.1) is 0 Å². The quantitative estimate of drug-likeness (QED) is 0.175. The van der Waals surface area contributed by atoms with Gasteiger partial charge in [0.2, 0.25) is 0 Å². The van der Waals surface area contributed by atoms with Gasteiger partial charge in [-0.1, -0.05) is 135 Å². The summed E-state index contributed by atoms with van der Waals surface area (Å²) in [4.78, 5) is 15.4. The van der Waals surface area contributed by atoms with Gasteiger partial charge in [-0.3, -0.25) is 0 Å². The molecular weight excluding hydrogens is 721 g/mol. The van der Waals surface area contributed by atoms with Crippen LogP contribution in [0.4, 0.5) is 0 Å². The number of fused-ring (bicyclic) bond motifs is 9. The molecule has 0 N–H and O–H groups in total. The molecule has 0 radical (unpaired) electrons. The molecule has 0 saturated heterocycles. The van der Waals surface area contributed by atoms with Gasteiger partial charge in [0.1, 0.15) is 11.2 Å². The van der Waals surface area contributed by atoms with Crippen molar-refractivity contribution in [1.29, 1.82) is 0 Å². The van der Waals surface area contributed by atoms with E-state index in [1.807, 2.05) is 24.3 Å². The van der Waals surface area contributed by atoms with E-state index in [1.165, 1.54) is 33.4 Å². The summed E-state index contributed by atoms with van der Waals surface area (Å²) in [6, 6.07) is 64.2. The van der Waals surface area contributed by atoms with Gasteiger partial charge >= 0.3 is 0 Å². The third-order valence-electron chi connectivity index (χ3n) is 12.3. The topological polar surface area (TPSA) is 56.7 Å². The Balaban J connectivity index is 0.994. The van der Waals surface area contributed by atoms with Gasteiger partial charge in [0.25, 0.3) is 0 Å². The van der Waals surface area contributed by atoms with Crippen LogP contribution in [-0.2, 0) is 5.41 Å². The molecule has 0 amide bonds. The summed E-state index contributed by atoms with van der Waals surface area (Å²) in [7, 11) is 0. The number of rotatable bonds is 5. The molecule has 0 bridgehead atoms. The van der Waals surface area contributed by atoms with Gasteiger partial charge in [0.05, 0.1) is 11.0 Å². The van der Waals surface area contributed by atoms with E-state index in [2.05, 4.69) is 176 Å². The molecule has 1 aliphatic carbocycles. The second kappa shape index (κ2) is 12.7. The van der Waals surface area contributed by atoms with E-state index < -0.39 is 0 Å². The fourth-order valence-corrected chi connectivity index (χ4v) is 9.30. The Morgan fingerprint density at radius 1 is 0.390 bits per heavy atom. The van der Waals surface area contributed by atoms with Crippen molar-refractivity contribution in [2.75, 3.05) is 0 Å². The highest BCUT2D eigenvalue weighted by Gasteiger charge is 2.35. The molecule has 59 heavy (non-hydrogen) atoms. The standard InChI is InChI=1S/C54H36N4O/c1-54(2)45-19-11-9-17-39(45)40-25-21-37(31-46(40)54)53-56-51(34-15-7-4-8-16-34)55-52(57-53)36-22-27-48-43(30-36)41-18-10-12-20-47(41)58(48)38-24-26-42-44-29-35(33-13-5-3-6-14-33)23-28-49(44)59-50(42)32-38/h3-32H,1-2H3. The average molecular weight is 757 g/mol. The molecule has 0 unspecified atom stereocenters. The summed E-state index contributed by atoms with van der Waals surface area (Å²) >= 11 is 0. The zero-order chi connectivity index (χ0) is 39.2. The van der Waals surface area contributed by atoms with Crippen LogP contribution in [0.1, 0.15) is 25.0 Å². The molecule has 5 heteroatoms. The SMILES string of the molecule is CC1(C)c2ccccc2-c2ccc(-c3nc(-c4ccccc4)nc(-c4ccc5c(c4)c4ccccc4n5-c4ccc5c(c4)oc4ccc(-c6ccccc6)cc45)n3)cc21. The molecule has 0 spiro atoms. The third-order valence-corrected chi connectivity index (χ3v) is 12.3. The highest BCUT2D eigenvalue weighted by Crippen LogP contribution is 2.49. The number of nitrogens with zero attached hydrogens (tertiary/aromatic N) is 4. The normalized spacial score (nSPS) is 13.1. The van der Waals surface area contributed by atoms with Crippen LogP contribution >= 0.6 is 0 Å². The minimum atomic E-state index is -0.139.